The Morgan fingerprint density at radius 1 is 1.28 bits per heavy atom. The van der Waals surface area contributed by atoms with Gasteiger partial charge in [0.25, 0.3) is 0 Å². The van der Waals surface area contributed by atoms with Gasteiger partial charge in [-0.05, 0) is 19.8 Å². The van der Waals surface area contributed by atoms with Crippen molar-refractivity contribution in [2.75, 3.05) is 13.7 Å². The van der Waals surface area contributed by atoms with Crippen molar-refractivity contribution in [3.05, 3.63) is 0 Å². The number of rotatable bonds is 9. The number of hydrogen-bond acceptors (Lipinski definition) is 3. The molecule has 18 heavy (non-hydrogen) atoms. The fourth-order valence-electron chi connectivity index (χ4n) is 1.61. The minimum atomic E-state index is -0.854. The lowest BCUT2D eigenvalue weighted by atomic mass is 10.2. The number of carbonyl (C=O) groups is 2. The maximum Gasteiger partial charge on any atom is 0.315 e. The number of amides is 2. The molecule has 2 amide bonds. The van der Waals surface area contributed by atoms with Crippen LogP contribution in [0.2, 0.25) is 0 Å². The molecule has 6 heteroatoms. The van der Waals surface area contributed by atoms with Gasteiger partial charge in [-0.1, -0.05) is 13.3 Å². The molecule has 0 aromatic rings. The number of nitrogens with one attached hydrogen (secondary N) is 2. The van der Waals surface area contributed by atoms with Crippen LogP contribution in [0, 0.1) is 0 Å². The topological polar surface area (TPSA) is 87.7 Å². The molecule has 0 fully saturated rings. The van der Waals surface area contributed by atoms with E-state index in [0.29, 0.717) is 13.0 Å². The zero-order valence-electron chi connectivity index (χ0n) is 11.4. The second kappa shape index (κ2) is 9.70. The molecule has 6 nitrogen and oxygen atoms in total. The number of methoxy groups -OCH3 is 1. The Labute approximate surface area is 108 Å². The Hall–Kier alpha value is -1.30. The fraction of sp³-hybridized carbons (Fsp3) is 0.833. The van der Waals surface area contributed by atoms with E-state index in [2.05, 4.69) is 10.6 Å². The molecule has 0 aliphatic heterocycles. The van der Waals surface area contributed by atoms with E-state index in [0.717, 1.165) is 12.8 Å². The van der Waals surface area contributed by atoms with Gasteiger partial charge in [-0.3, -0.25) is 4.79 Å². The second-order valence-corrected chi connectivity index (χ2v) is 4.39. The van der Waals surface area contributed by atoms with Gasteiger partial charge < -0.3 is 20.5 Å². The van der Waals surface area contributed by atoms with E-state index in [1.807, 2.05) is 6.92 Å². The number of carbonyl (C=O) groups excluding carboxylic acids is 1. The van der Waals surface area contributed by atoms with Crippen LogP contribution in [0.5, 0.6) is 0 Å². The lowest BCUT2D eigenvalue weighted by Crippen LogP contribution is -2.47. The summed E-state index contributed by atoms with van der Waals surface area (Å²) in [6.07, 6.45) is 2.29. The van der Waals surface area contributed by atoms with Crippen LogP contribution in [0.4, 0.5) is 4.79 Å². The van der Waals surface area contributed by atoms with Crippen LogP contribution in [-0.4, -0.2) is 42.9 Å². The summed E-state index contributed by atoms with van der Waals surface area (Å²) < 4.78 is 5.02. The number of urea groups is 1. The Balaban J connectivity index is 3.95. The van der Waals surface area contributed by atoms with Crippen LogP contribution in [0.25, 0.3) is 0 Å². The number of ether oxygens (including phenoxy) is 1. The van der Waals surface area contributed by atoms with Crippen molar-refractivity contribution in [1.82, 2.24) is 10.6 Å². The van der Waals surface area contributed by atoms with Gasteiger partial charge in [0.05, 0.1) is 12.6 Å². The number of carboxylic acid groups (broad SMARTS) is 1. The van der Waals surface area contributed by atoms with Gasteiger partial charge in [0.2, 0.25) is 0 Å². The zero-order chi connectivity index (χ0) is 14.0. The maximum absolute atomic E-state index is 11.6. The van der Waals surface area contributed by atoms with Crippen molar-refractivity contribution in [1.29, 1.82) is 0 Å². The molecule has 2 atom stereocenters. The van der Waals surface area contributed by atoms with Gasteiger partial charge in [-0.2, -0.15) is 0 Å². The van der Waals surface area contributed by atoms with Crippen molar-refractivity contribution in [2.45, 2.75) is 51.6 Å². The van der Waals surface area contributed by atoms with Crippen LogP contribution >= 0.6 is 0 Å². The molecule has 3 N–H and O–H groups in total. The smallest absolute Gasteiger partial charge is 0.315 e. The van der Waals surface area contributed by atoms with E-state index in [1.165, 1.54) is 0 Å². The lowest BCUT2D eigenvalue weighted by Gasteiger charge is -2.19. The summed E-state index contributed by atoms with van der Waals surface area (Å²) >= 11 is 0. The first-order chi connectivity index (χ1) is 8.49. The summed E-state index contributed by atoms with van der Waals surface area (Å²) in [4.78, 5) is 22.0. The molecule has 0 aliphatic carbocycles. The minimum absolute atomic E-state index is 0.00771. The Kier molecular flexibility index (Phi) is 9.00. The molecule has 0 heterocycles. The van der Waals surface area contributed by atoms with E-state index in [4.69, 9.17) is 9.84 Å². The summed E-state index contributed by atoms with van der Waals surface area (Å²) in [5.41, 5.74) is 0. The molecular weight excluding hydrogens is 236 g/mol. The highest BCUT2D eigenvalue weighted by Crippen LogP contribution is 1.99. The normalized spacial score (nSPS) is 13.7. The summed E-state index contributed by atoms with van der Waals surface area (Å²) in [6, 6.07) is -0.444. The summed E-state index contributed by atoms with van der Waals surface area (Å²) in [6.45, 7) is 4.30. The Morgan fingerprint density at radius 3 is 2.44 bits per heavy atom. The van der Waals surface area contributed by atoms with Crippen LogP contribution < -0.4 is 10.6 Å². The van der Waals surface area contributed by atoms with Crippen molar-refractivity contribution in [3.63, 3.8) is 0 Å². The molecule has 0 aromatic heterocycles. The molecule has 0 saturated carbocycles. The number of hydrogen-bond donors (Lipinski definition) is 3. The van der Waals surface area contributed by atoms with E-state index in [9.17, 15) is 9.59 Å². The van der Waals surface area contributed by atoms with Crippen molar-refractivity contribution in [3.8, 4) is 0 Å². The highest BCUT2D eigenvalue weighted by molar-refractivity contribution is 5.74. The van der Waals surface area contributed by atoms with Crippen LogP contribution in [0.3, 0.4) is 0 Å². The molecule has 2 unspecified atom stereocenters. The predicted molar refractivity (Wildman–Crippen MR) is 68.6 cm³/mol. The van der Waals surface area contributed by atoms with E-state index in [1.54, 1.807) is 14.0 Å². The first-order valence-electron chi connectivity index (χ1n) is 6.27. The molecule has 0 rings (SSSR count). The van der Waals surface area contributed by atoms with Crippen molar-refractivity contribution < 1.29 is 19.4 Å². The zero-order valence-corrected chi connectivity index (χ0v) is 11.4. The third-order valence-corrected chi connectivity index (χ3v) is 2.51. The fourth-order valence-corrected chi connectivity index (χ4v) is 1.61. The molecule has 0 aliphatic rings. The predicted octanol–water partition coefficient (Wildman–Crippen LogP) is 1.35. The molecule has 0 spiro atoms. The first-order valence-corrected chi connectivity index (χ1v) is 6.27. The van der Waals surface area contributed by atoms with Gasteiger partial charge >= 0.3 is 12.0 Å². The van der Waals surface area contributed by atoms with E-state index in [-0.39, 0.29) is 24.5 Å². The average Bonchev–Trinajstić information content (AvgIpc) is 2.26. The van der Waals surface area contributed by atoms with Gasteiger partial charge in [-0.15, -0.1) is 0 Å². The molecule has 0 bridgehead atoms. The van der Waals surface area contributed by atoms with E-state index < -0.39 is 5.97 Å². The average molecular weight is 260 g/mol. The third-order valence-electron chi connectivity index (χ3n) is 2.51. The number of carboxylic acids is 1. The SMILES string of the molecule is CCCC(COC)NC(=O)NC(C)CCC(=O)O. The van der Waals surface area contributed by atoms with Gasteiger partial charge in [-0.25, -0.2) is 4.79 Å². The first kappa shape index (κ1) is 16.7. The largest absolute Gasteiger partial charge is 0.481 e. The number of aliphatic carboxylic acids is 1. The molecule has 0 radical (unpaired) electrons. The van der Waals surface area contributed by atoms with Crippen LogP contribution in [-0.2, 0) is 9.53 Å². The highest BCUT2D eigenvalue weighted by Gasteiger charge is 2.13. The quantitative estimate of drug-likeness (QED) is 0.584. The third kappa shape index (κ3) is 8.81. The highest BCUT2D eigenvalue weighted by atomic mass is 16.5. The van der Waals surface area contributed by atoms with Crippen molar-refractivity contribution >= 4 is 12.0 Å². The van der Waals surface area contributed by atoms with Crippen molar-refractivity contribution in [2.24, 2.45) is 0 Å². The summed E-state index contributed by atoms with van der Waals surface area (Å²) in [5.74, 6) is -0.854. The van der Waals surface area contributed by atoms with Crippen LogP contribution in [0.1, 0.15) is 39.5 Å². The maximum atomic E-state index is 11.6. The second-order valence-electron chi connectivity index (χ2n) is 4.39. The van der Waals surface area contributed by atoms with Crippen LogP contribution in [0.15, 0.2) is 0 Å². The molecule has 106 valence electrons. The Morgan fingerprint density at radius 2 is 1.94 bits per heavy atom. The molecular formula is C12H24N2O4. The summed E-state index contributed by atoms with van der Waals surface area (Å²) in [7, 11) is 1.59. The Bertz CT molecular complexity index is 252. The lowest BCUT2D eigenvalue weighted by molar-refractivity contribution is -0.137. The van der Waals surface area contributed by atoms with Gasteiger partial charge in [0.15, 0.2) is 0 Å². The molecule has 0 saturated heterocycles. The standard InChI is InChI=1S/C12H24N2O4/c1-4-5-10(8-18-3)14-12(17)13-9(2)6-7-11(15)16/h9-10H,4-8H2,1-3H3,(H,15,16)(H2,13,14,17). The van der Waals surface area contributed by atoms with E-state index >= 15 is 0 Å². The minimum Gasteiger partial charge on any atom is -0.481 e. The van der Waals surface area contributed by atoms with Gasteiger partial charge in [0.1, 0.15) is 0 Å². The monoisotopic (exact) mass is 260 g/mol. The summed E-state index contributed by atoms with van der Waals surface area (Å²) in [5, 5.41) is 14.1. The van der Waals surface area contributed by atoms with Gasteiger partial charge in [0, 0.05) is 19.6 Å². The molecule has 0 aromatic carbocycles.